The number of thiophene rings is 1. The van der Waals surface area contributed by atoms with Crippen molar-refractivity contribution in [2.24, 2.45) is 0 Å². The van der Waals surface area contributed by atoms with Crippen molar-refractivity contribution in [1.29, 1.82) is 0 Å². The van der Waals surface area contributed by atoms with E-state index < -0.39 is 0 Å². The average Bonchev–Trinajstić information content (AvgIpc) is 3.29. The topological polar surface area (TPSA) is 49.3 Å². The number of Topliss-reactive ketones (excluding diaryl/α,β-unsaturated/α-hetero) is 1. The van der Waals surface area contributed by atoms with Gasteiger partial charge in [0.25, 0.3) is 0 Å². The highest BCUT2D eigenvalue weighted by Gasteiger charge is 2.31. The van der Waals surface area contributed by atoms with Crippen LogP contribution in [0.3, 0.4) is 0 Å². The highest BCUT2D eigenvalue weighted by Crippen LogP contribution is 2.35. The number of carbonyl (C=O) groups excluding carboxylic acids is 1. The van der Waals surface area contributed by atoms with E-state index in [1.54, 1.807) is 11.3 Å². The number of benzene rings is 1. The number of fused-ring (bicyclic) bond motifs is 1. The van der Waals surface area contributed by atoms with E-state index in [1.807, 2.05) is 25.1 Å². The average molecular weight is 423 g/mol. The Bertz CT molecular complexity index is 1060. The molecule has 1 aromatic carbocycles. The van der Waals surface area contributed by atoms with Crippen molar-refractivity contribution >= 4 is 28.8 Å². The molecule has 0 N–H and O–H groups in total. The first-order valence-electron chi connectivity index (χ1n) is 10.3. The molecule has 1 aliphatic heterocycles. The predicted octanol–water partition coefficient (Wildman–Crippen LogP) is 4.22. The van der Waals surface area contributed by atoms with E-state index in [4.69, 9.17) is 4.98 Å². The Morgan fingerprint density at radius 3 is 2.43 bits per heavy atom. The molecule has 3 heterocycles. The maximum absolute atomic E-state index is 13.2. The summed E-state index contributed by atoms with van der Waals surface area (Å²) in [4.78, 5) is 28.0. The van der Waals surface area contributed by atoms with Crippen LogP contribution in [0.25, 0.3) is 0 Å². The lowest BCUT2D eigenvalue weighted by Gasteiger charge is -2.36. The molecular weight excluding hydrogens is 399 g/mol. The van der Waals surface area contributed by atoms with Crippen molar-refractivity contribution in [1.82, 2.24) is 9.97 Å². The van der Waals surface area contributed by atoms with Crippen LogP contribution in [-0.2, 0) is 6.42 Å². The van der Waals surface area contributed by atoms with Crippen molar-refractivity contribution in [3.63, 3.8) is 0 Å². The Kier molecular flexibility index (Phi) is 4.98. The van der Waals surface area contributed by atoms with Crippen LogP contribution in [0.5, 0.6) is 0 Å². The first-order chi connectivity index (χ1) is 14.6. The third-order valence-electron chi connectivity index (χ3n) is 6.00. The molecule has 0 unspecified atom stereocenters. The molecule has 1 aliphatic carbocycles. The molecule has 1 fully saturated rings. The van der Waals surface area contributed by atoms with Gasteiger partial charge in [0.1, 0.15) is 5.82 Å². The Morgan fingerprint density at radius 2 is 1.73 bits per heavy atom. The number of hydrogen-bond donors (Lipinski definition) is 0. The summed E-state index contributed by atoms with van der Waals surface area (Å²) < 4.78 is 13.2. The van der Waals surface area contributed by atoms with Gasteiger partial charge in [-0.25, -0.2) is 14.4 Å². The number of halogens is 1. The van der Waals surface area contributed by atoms with E-state index in [2.05, 4.69) is 26.2 Å². The molecule has 0 saturated carbocycles. The second-order valence-corrected chi connectivity index (χ2v) is 8.90. The molecule has 0 spiro atoms. The molecule has 2 aliphatic rings. The van der Waals surface area contributed by atoms with E-state index >= 15 is 0 Å². The van der Waals surface area contributed by atoms with Gasteiger partial charge in [0.15, 0.2) is 5.78 Å². The molecule has 5 rings (SSSR count). The highest BCUT2D eigenvalue weighted by molar-refractivity contribution is 7.10. The fourth-order valence-electron chi connectivity index (χ4n) is 4.44. The molecule has 30 heavy (non-hydrogen) atoms. The molecule has 7 heteroatoms. The SMILES string of the molecule is Cc1nc(N2CCN(c3ccc(F)cc3)CC2)nc2c1C(=O)C[C@H](c1cccs1)C2. The smallest absolute Gasteiger partial charge is 0.225 e. The monoisotopic (exact) mass is 422 g/mol. The highest BCUT2D eigenvalue weighted by atomic mass is 32.1. The van der Waals surface area contributed by atoms with Gasteiger partial charge >= 0.3 is 0 Å². The molecule has 2 aromatic heterocycles. The number of piperazine rings is 1. The molecule has 1 saturated heterocycles. The van der Waals surface area contributed by atoms with Crippen LogP contribution in [-0.4, -0.2) is 41.9 Å². The van der Waals surface area contributed by atoms with Crippen LogP contribution in [0.2, 0.25) is 0 Å². The number of rotatable bonds is 3. The van der Waals surface area contributed by atoms with Gasteiger partial charge in [-0.3, -0.25) is 4.79 Å². The molecule has 154 valence electrons. The Morgan fingerprint density at radius 1 is 1.00 bits per heavy atom. The fraction of sp³-hybridized carbons (Fsp3) is 0.348. The second-order valence-electron chi connectivity index (χ2n) is 7.92. The van der Waals surface area contributed by atoms with Gasteiger partial charge in [-0.15, -0.1) is 11.3 Å². The summed E-state index contributed by atoms with van der Waals surface area (Å²) in [5.74, 6) is 0.859. The van der Waals surface area contributed by atoms with Crippen molar-refractivity contribution in [2.75, 3.05) is 36.0 Å². The maximum Gasteiger partial charge on any atom is 0.225 e. The molecular formula is C23H23FN4OS. The van der Waals surface area contributed by atoms with Crippen LogP contribution in [0.4, 0.5) is 16.0 Å². The largest absolute Gasteiger partial charge is 0.368 e. The minimum Gasteiger partial charge on any atom is -0.368 e. The quantitative estimate of drug-likeness (QED) is 0.632. The zero-order valence-corrected chi connectivity index (χ0v) is 17.7. The van der Waals surface area contributed by atoms with Crippen LogP contribution >= 0.6 is 11.3 Å². The zero-order chi connectivity index (χ0) is 20.7. The van der Waals surface area contributed by atoms with Gasteiger partial charge in [0, 0.05) is 49.1 Å². The van der Waals surface area contributed by atoms with Crippen LogP contribution in [0.15, 0.2) is 41.8 Å². The zero-order valence-electron chi connectivity index (χ0n) is 16.8. The lowest BCUT2D eigenvalue weighted by Crippen LogP contribution is -2.47. The summed E-state index contributed by atoms with van der Waals surface area (Å²) in [6.07, 6.45) is 1.32. The Labute approximate surface area is 179 Å². The molecule has 1 atom stereocenters. The lowest BCUT2D eigenvalue weighted by atomic mass is 9.84. The van der Waals surface area contributed by atoms with Crippen molar-refractivity contribution in [2.45, 2.75) is 25.7 Å². The Balaban J connectivity index is 1.35. The van der Waals surface area contributed by atoms with Crippen molar-refractivity contribution in [3.05, 3.63) is 69.4 Å². The number of aryl methyl sites for hydroxylation is 1. The second kappa shape index (κ2) is 7.80. The van der Waals surface area contributed by atoms with Crippen LogP contribution < -0.4 is 9.80 Å². The van der Waals surface area contributed by atoms with Crippen molar-refractivity contribution < 1.29 is 9.18 Å². The number of aromatic nitrogens is 2. The van der Waals surface area contributed by atoms with E-state index in [1.165, 1.54) is 17.0 Å². The molecule has 0 radical (unpaired) electrons. The normalized spacial score (nSPS) is 19.1. The van der Waals surface area contributed by atoms with Gasteiger partial charge in [0.05, 0.1) is 17.0 Å². The molecule has 5 nitrogen and oxygen atoms in total. The fourth-order valence-corrected chi connectivity index (χ4v) is 5.27. The summed E-state index contributed by atoms with van der Waals surface area (Å²) in [5.41, 5.74) is 3.41. The number of ketones is 1. The molecule has 3 aromatic rings. The molecule has 0 bridgehead atoms. The summed E-state index contributed by atoms with van der Waals surface area (Å²) in [7, 11) is 0. The first kappa shape index (κ1) is 19.2. The number of anilines is 2. The summed E-state index contributed by atoms with van der Waals surface area (Å²) in [6.45, 7) is 5.14. The molecule has 0 amide bonds. The van der Waals surface area contributed by atoms with E-state index in [9.17, 15) is 9.18 Å². The third kappa shape index (κ3) is 3.58. The lowest BCUT2D eigenvalue weighted by molar-refractivity contribution is 0.0962. The third-order valence-corrected chi connectivity index (χ3v) is 7.04. The summed E-state index contributed by atoms with van der Waals surface area (Å²) in [6, 6.07) is 10.8. The number of carbonyl (C=O) groups is 1. The van der Waals surface area contributed by atoms with Gasteiger partial charge in [-0.2, -0.15) is 0 Å². The maximum atomic E-state index is 13.2. The first-order valence-corrected chi connectivity index (χ1v) is 11.2. The number of hydrogen-bond acceptors (Lipinski definition) is 6. The van der Waals surface area contributed by atoms with E-state index in [0.29, 0.717) is 12.4 Å². The van der Waals surface area contributed by atoms with Gasteiger partial charge in [-0.05, 0) is 49.1 Å². The summed E-state index contributed by atoms with van der Waals surface area (Å²) in [5, 5.41) is 2.06. The minimum absolute atomic E-state index is 0.153. The van der Waals surface area contributed by atoms with E-state index in [0.717, 1.165) is 55.2 Å². The van der Waals surface area contributed by atoms with Gasteiger partial charge in [-0.1, -0.05) is 6.07 Å². The summed E-state index contributed by atoms with van der Waals surface area (Å²) >= 11 is 1.71. The Hall–Kier alpha value is -2.80. The minimum atomic E-state index is -0.217. The predicted molar refractivity (Wildman–Crippen MR) is 117 cm³/mol. The standard InChI is InChI=1S/C23H23FN4OS/c1-15-22-19(13-16(14-20(22)29)21-3-2-12-30-21)26-23(25-15)28-10-8-27(9-11-28)18-6-4-17(24)5-7-18/h2-7,12,16H,8-11,13-14H2,1H3/t16-/m1/s1. The van der Waals surface area contributed by atoms with E-state index in [-0.39, 0.29) is 17.5 Å². The van der Waals surface area contributed by atoms with Crippen LogP contribution in [0.1, 0.15) is 39.0 Å². The number of nitrogens with zero attached hydrogens (tertiary/aromatic N) is 4. The van der Waals surface area contributed by atoms with Crippen molar-refractivity contribution in [3.8, 4) is 0 Å². The van der Waals surface area contributed by atoms with Gasteiger partial charge < -0.3 is 9.80 Å². The van der Waals surface area contributed by atoms with Gasteiger partial charge in [0.2, 0.25) is 5.95 Å². The van der Waals surface area contributed by atoms with Crippen LogP contribution in [0, 0.1) is 12.7 Å².